The number of rotatable bonds is 7. The predicted octanol–water partition coefficient (Wildman–Crippen LogP) is 0.453. The molecule has 0 heterocycles. The van der Waals surface area contributed by atoms with Gasteiger partial charge in [-0.1, -0.05) is 0 Å². The molecule has 1 atom stereocenters. The van der Waals surface area contributed by atoms with Crippen LogP contribution < -0.4 is 9.46 Å². The molecule has 0 amide bonds. The van der Waals surface area contributed by atoms with Crippen molar-refractivity contribution in [3.05, 3.63) is 24.3 Å². The van der Waals surface area contributed by atoms with Gasteiger partial charge in [0.05, 0.1) is 7.11 Å². The summed E-state index contributed by atoms with van der Waals surface area (Å²) in [6.07, 6.45) is 0. The van der Waals surface area contributed by atoms with E-state index in [0.717, 1.165) is 7.11 Å². The van der Waals surface area contributed by atoms with Gasteiger partial charge in [-0.25, -0.2) is 13.2 Å². The number of hydrogen-bond acceptors (Lipinski definition) is 6. The zero-order valence-corrected chi connectivity index (χ0v) is 12.2. The van der Waals surface area contributed by atoms with Gasteiger partial charge < -0.3 is 14.6 Å². The predicted molar refractivity (Wildman–Crippen MR) is 73.6 cm³/mol. The van der Waals surface area contributed by atoms with E-state index in [2.05, 4.69) is 9.46 Å². The van der Waals surface area contributed by atoms with Crippen LogP contribution in [0.1, 0.15) is 6.92 Å². The fourth-order valence-corrected chi connectivity index (χ4v) is 2.30. The van der Waals surface area contributed by atoms with E-state index in [1.807, 2.05) is 0 Å². The van der Waals surface area contributed by atoms with Gasteiger partial charge >= 0.3 is 11.9 Å². The van der Waals surface area contributed by atoms with Crippen molar-refractivity contribution in [3.63, 3.8) is 0 Å². The SMILES string of the molecule is COC(=O)C(C)S(=O)(=O)Nc1ccc(OCC(=O)O)cc1. The third kappa shape index (κ3) is 4.95. The van der Waals surface area contributed by atoms with Crippen LogP contribution in [0.4, 0.5) is 5.69 Å². The van der Waals surface area contributed by atoms with Gasteiger partial charge in [-0.2, -0.15) is 0 Å². The summed E-state index contributed by atoms with van der Waals surface area (Å²) in [6, 6.07) is 5.59. The van der Waals surface area contributed by atoms with Gasteiger partial charge in [0.15, 0.2) is 11.9 Å². The molecule has 0 aliphatic rings. The van der Waals surface area contributed by atoms with Crippen LogP contribution in [0.15, 0.2) is 24.3 Å². The van der Waals surface area contributed by atoms with Crippen LogP contribution in [0.3, 0.4) is 0 Å². The Bertz CT molecular complexity index is 609. The minimum Gasteiger partial charge on any atom is -0.482 e. The van der Waals surface area contributed by atoms with Crippen LogP contribution >= 0.6 is 0 Å². The summed E-state index contributed by atoms with van der Waals surface area (Å²) in [5.41, 5.74) is 0.216. The lowest BCUT2D eigenvalue weighted by molar-refractivity contribution is -0.140. The number of sulfonamides is 1. The lowest BCUT2D eigenvalue weighted by Gasteiger charge is -2.13. The van der Waals surface area contributed by atoms with Crippen molar-refractivity contribution in [2.24, 2.45) is 0 Å². The maximum Gasteiger partial charge on any atom is 0.341 e. The first-order valence-corrected chi connectivity index (χ1v) is 7.35. The fourth-order valence-electron chi connectivity index (χ4n) is 1.31. The first-order chi connectivity index (χ1) is 9.76. The van der Waals surface area contributed by atoms with Crippen LogP contribution in [-0.4, -0.2) is 44.4 Å². The van der Waals surface area contributed by atoms with Crippen LogP contribution in [0, 0.1) is 0 Å². The van der Waals surface area contributed by atoms with Crippen LogP contribution in [-0.2, 0) is 24.3 Å². The Hall–Kier alpha value is -2.29. The number of hydrogen-bond donors (Lipinski definition) is 2. The second-order valence-electron chi connectivity index (χ2n) is 4.02. The minimum absolute atomic E-state index is 0.216. The molecular formula is C12H15NO7S. The Labute approximate surface area is 121 Å². The minimum atomic E-state index is -3.92. The zero-order chi connectivity index (χ0) is 16.0. The lowest BCUT2D eigenvalue weighted by Crippen LogP contribution is -2.33. The number of carboxylic acid groups (broad SMARTS) is 1. The third-order valence-corrected chi connectivity index (χ3v) is 4.12. The molecule has 0 radical (unpaired) electrons. The molecule has 0 aliphatic heterocycles. The molecule has 0 fully saturated rings. The van der Waals surface area contributed by atoms with Crippen molar-refractivity contribution in [2.45, 2.75) is 12.2 Å². The highest BCUT2D eigenvalue weighted by atomic mass is 32.2. The molecule has 0 spiro atoms. The molecule has 0 saturated carbocycles. The van der Waals surface area contributed by atoms with Crippen molar-refractivity contribution in [2.75, 3.05) is 18.4 Å². The van der Waals surface area contributed by atoms with E-state index in [4.69, 9.17) is 9.84 Å². The molecule has 1 aromatic rings. The van der Waals surface area contributed by atoms with E-state index >= 15 is 0 Å². The largest absolute Gasteiger partial charge is 0.482 e. The average molecular weight is 317 g/mol. The molecule has 8 nitrogen and oxygen atoms in total. The van der Waals surface area contributed by atoms with Crippen molar-refractivity contribution in [1.29, 1.82) is 0 Å². The van der Waals surface area contributed by atoms with Gasteiger partial charge in [0.1, 0.15) is 5.75 Å². The summed E-state index contributed by atoms with van der Waals surface area (Å²) in [5, 5.41) is 7.10. The quantitative estimate of drug-likeness (QED) is 0.701. The lowest BCUT2D eigenvalue weighted by atomic mass is 10.3. The normalized spacial score (nSPS) is 12.3. The maximum atomic E-state index is 11.9. The molecular weight excluding hydrogens is 302 g/mol. The zero-order valence-electron chi connectivity index (χ0n) is 11.4. The van der Waals surface area contributed by atoms with E-state index in [0.29, 0.717) is 0 Å². The van der Waals surface area contributed by atoms with Gasteiger partial charge in [-0.15, -0.1) is 0 Å². The average Bonchev–Trinajstić information content (AvgIpc) is 2.44. The second-order valence-corrected chi connectivity index (χ2v) is 6.02. The van der Waals surface area contributed by atoms with E-state index in [-0.39, 0.29) is 11.4 Å². The van der Waals surface area contributed by atoms with Gasteiger partial charge in [0.2, 0.25) is 10.0 Å². The third-order valence-electron chi connectivity index (χ3n) is 2.48. The topological polar surface area (TPSA) is 119 Å². The highest BCUT2D eigenvalue weighted by Gasteiger charge is 2.28. The van der Waals surface area contributed by atoms with Gasteiger partial charge in [0, 0.05) is 5.69 Å². The number of ether oxygens (including phenoxy) is 2. The Morgan fingerprint density at radius 2 is 1.86 bits per heavy atom. The number of carboxylic acids is 1. The summed E-state index contributed by atoms with van der Waals surface area (Å²) in [5.74, 6) is -1.71. The number of esters is 1. The van der Waals surface area contributed by atoms with Crippen molar-refractivity contribution < 1.29 is 32.6 Å². The van der Waals surface area contributed by atoms with Gasteiger partial charge in [-0.3, -0.25) is 9.52 Å². The molecule has 1 rings (SSSR count). The summed E-state index contributed by atoms with van der Waals surface area (Å²) in [4.78, 5) is 21.6. The Kier molecular flexibility index (Phi) is 5.53. The van der Waals surface area contributed by atoms with Crippen molar-refractivity contribution in [1.82, 2.24) is 0 Å². The van der Waals surface area contributed by atoms with Crippen molar-refractivity contribution in [3.8, 4) is 5.75 Å². The molecule has 0 bridgehead atoms. The Morgan fingerprint density at radius 3 is 2.33 bits per heavy atom. The number of anilines is 1. The number of aliphatic carboxylic acids is 1. The highest BCUT2D eigenvalue weighted by Crippen LogP contribution is 2.18. The Balaban J connectivity index is 2.75. The van der Waals surface area contributed by atoms with Crippen molar-refractivity contribution >= 4 is 27.6 Å². The number of carbonyl (C=O) groups is 2. The summed E-state index contributed by atoms with van der Waals surface area (Å²) < 4.78 is 35.3. The first kappa shape index (κ1) is 16.8. The van der Waals surface area contributed by atoms with E-state index in [1.165, 1.54) is 31.2 Å². The van der Waals surface area contributed by atoms with Crippen LogP contribution in [0.25, 0.3) is 0 Å². The molecule has 2 N–H and O–H groups in total. The van der Waals surface area contributed by atoms with E-state index < -0.39 is 33.8 Å². The number of carbonyl (C=O) groups excluding carboxylic acids is 1. The van der Waals surface area contributed by atoms with Gasteiger partial charge in [-0.05, 0) is 31.2 Å². The summed E-state index contributed by atoms with van der Waals surface area (Å²) >= 11 is 0. The molecule has 21 heavy (non-hydrogen) atoms. The second kappa shape index (κ2) is 6.93. The van der Waals surface area contributed by atoms with E-state index in [1.54, 1.807) is 0 Å². The molecule has 0 aromatic heterocycles. The molecule has 116 valence electrons. The van der Waals surface area contributed by atoms with Gasteiger partial charge in [0.25, 0.3) is 0 Å². The first-order valence-electron chi connectivity index (χ1n) is 5.80. The summed E-state index contributed by atoms with van der Waals surface area (Å²) in [6.45, 7) is 0.711. The highest BCUT2D eigenvalue weighted by molar-refractivity contribution is 7.94. The number of methoxy groups -OCH3 is 1. The fraction of sp³-hybridized carbons (Fsp3) is 0.333. The van der Waals surface area contributed by atoms with E-state index in [9.17, 15) is 18.0 Å². The molecule has 0 saturated heterocycles. The smallest absolute Gasteiger partial charge is 0.341 e. The molecule has 1 unspecified atom stereocenters. The van der Waals surface area contributed by atoms with Crippen LogP contribution in [0.5, 0.6) is 5.75 Å². The monoisotopic (exact) mass is 317 g/mol. The van der Waals surface area contributed by atoms with Crippen LogP contribution in [0.2, 0.25) is 0 Å². The standard InChI is InChI=1S/C12H15NO7S/c1-8(12(16)19-2)21(17,18)13-9-3-5-10(6-4-9)20-7-11(14)15/h3-6,8,13H,7H2,1-2H3,(H,14,15). The summed E-state index contributed by atoms with van der Waals surface area (Å²) in [7, 11) is -2.82. The molecule has 1 aromatic carbocycles. The molecule has 0 aliphatic carbocycles. The molecule has 9 heteroatoms. The number of benzene rings is 1. The maximum absolute atomic E-state index is 11.9. The Morgan fingerprint density at radius 1 is 1.29 bits per heavy atom. The number of nitrogens with one attached hydrogen (secondary N) is 1.